The van der Waals surface area contributed by atoms with Crippen LogP contribution in [0.15, 0.2) is 91.4 Å². The van der Waals surface area contributed by atoms with E-state index in [1.165, 1.54) is 0 Å². The number of ether oxygens (including phenoxy) is 4. The molecule has 3 aromatic carbocycles. The molecule has 3 saturated heterocycles. The van der Waals surface area contributed by atoms with Crippen LogP contribution >= 0.6 is 0 Å². The summed E-state index contributed by atoms with van der Waals surface area (Å²) in [7, 11) is 0. The Morgan fingerprint density at radius 2 is 1.66 bits per heavy atom. The molecule has 0 saturated carbocycles. The van der Waals surface area contributed by atoms with Crippen molar-refractivity contribution in [2.45, 2.75) is 37.9 Å². The molecule has 1 amide bonds. The highest BCUT2D eigenvalue weighted by molar-refractivity contribution is 5.69. The Morgan fingerprint density at radius 3 is 2.37 bits per heavy atom. The normalized spacial score (nSPS) is 22.8. The van der Waals surface area contributed by atoms with Crippen LogP contribution in [0.2, 0.25) is 0 Å². The zero-order chi connectivity index (χ0) is 25.7. The zero-order valence-electron chi connectivity index (χ0n) is 21.2. The largest absolute Gasteiger partial charge is 0.489 e. The van der Waals surface area contributed by atoms with Crippen LogP contribution in [-0.4, -0.2) is 36.7 Å². The SMILES string of the molecule is O=C(N[C@@H](c1ccccc1)c1cccc(OCc2ccc(C3OC=CO3)cc2)c1)O[C@H]1CN2CCC1CC2. The highest BCUT2D eigenvalue weighted by atomic mass is 16.7. The maximum atomic E-state index is 13.1. The molecule has 7 nitrogen and oxygen atoms in total. The van der Waals surface area contributed by atoms with Gasteiger partial charge in [-0.1, -0.05) is 66.7 Å². The van der Waals surface area contributed by atoms with E-state index in [2.05, 4.69) is 10.2 Å². The average molecular weight is 513 g/mol. The number of nitrogens with one attached hydrogen (secondary N) is 1. The number of carbonyl (C=O) groups excluding carboxylic acids is 1. The number of hydrogen-bond donors (Lipinski definition) is 1. The topological polar surface area (TPSA) is 69.3 Å². The molecular formula is C31H32N2O5. The van der Waals surface area contributed by atoms with E-state index in [4.69, 9.17) is 18.9 Å². The molecule has 4 heterocycles. The summed E-state index contributed by atoms with van der Waals surface area (Å²) in [5.74, 6) is 1.19. The van der Waals surface area contributed by atoms with Crippen LogP contribution in [0.1, 0.15) is 47.4 Å². The molecule has 7 rings (SSSR count). The van der Waals surface area contributed by atoms with Gasteiger partial charge < -0.3 is 24.3 Å². The Morgan fingerprint density at radius 1 is 0.921 bits per heavy atom. The second-order valence-electron chi connectivity index (χ2n) is 10.0. The van der Waals surface area contributed by atoms with Gasteiger partial charge in [-0.15, -0.1) is 0 Å². The molecule has 38 heavy (non-hydrogen) atoms. The first kappa shape index (κ1) is 24.4. The summed E-state index contributed by atoms with van der Waals surface area (Å²) in [6, 6.07) is 25.4. The van der Waals surface area contributed by atoms with Crippen LogP contribution < -0.4 is 10.1 Å². The number of benzene rings is 3. The van der Waals surface area contributed by atoms with E-state index < -0.39 is 0 Å². The third-order valence-corrected chi connectivity index (χ3v) is 7.56. The smallest absolute Gasteiger partial charge is 0.408 e. The molecule has 4 aliphatic rings. The van der Waals surface area contributed by atoms with Crippen molar-refractivity contribution in [2.75, 3.05) is 19.6 Å². The zero-order valence-corrected chi connectivity index (χ0v) is 21.2. The van der Waals surface area contributed by atoms with Crippen molar-refractivity contribution in [3.05, 3.63) is 114 Å². The minimum atomic E-state index is -0.387. The van der Waals surface area contributed by atoms with E-state index in [9.17, 15) is 4.79 Å². The molecule has 196 valence electrons. The molecule has 3 fully saturated rings. The summed E-state index contributed by atoms with van der Waals surface area (Å²) < 4.78 is 22.8. The van der Waals surface area contributed by atoms with Gasteiger partial charge in [-0.2, -0.15) is 0 Å². The summed E-state index contributed by atoms with van der Waals surface area (Å²) >= 11 is 0. The van der Waals surface area contributed by atoms with Crippen LogP contribution in [0.25, 0.3) is 0 Å². The molecular weight excluding hydrogens is 480 g/mol. The molecule has 0 aromatic heterocycles. The number of hydrogen-bond acceptors (Lipinski definition) is 6. The number of alkyl carbamates (subject to hydrolysis) is 1. The van der Waals surface area contributed by atoms with Gasteiger partial charge in [-0.3, -0.25) is 4.90 Å². The lowest BCUT2D eigenvalue weighted by atomic mass is 9.86. The van der Waals surface area contributed by atoms with Gasteiger partial charge >= 0.3 is 6.09 Å². The van der Waals surface area contributed by atoms with Crippen LogP contribution in [0, 0.1) is 5.92 Å². The van der Waals surface area contributed by atoms with Crippen molar-refractivity contribution in [1.29, 1.82) is 0 Å². The van der Waals surface area contributed by atoms with Crippen molar-refractivity contribution in [3.8, 4) is 5.75 Å². The lowest BCUT2D eigenvalue weighted by molar-refractivity contribution is -0.0336. The predicted molar refractivity (Wildman–Crippen MR) is 142 cm³/mol. The summed E-state index contributed by atoms with van der Waals surface area (Å²) in [6.45, 7) is 3.46. The Labute approximate surface area is 223 Å². The van der Waals surface area contributed by atoms with Gasteiger partial charge in [-0.25, -0.2) is 4.79 Å². The Hall–Kier alpha value is -3.97. The predicted octanol–water partition coefficient (Wildman–Crippen LogP) is 5.69. The molecule has 7 heteroatoms. The second kappa shape index (κ2) is 11.2. The van der Waals surface area contributed by atoms with E-state index in [0.717, 1.165) is 60.5 Å². The van der Waals surface area contributed by atoms with Crippen molar-refractivity contribution >= 4 is 6.09 Å². The van der Waals surface area contributed by atoms with Gasteiger partial charge in [0, 0.05) is 12.1 Å². The van der Waals surface area contributed by atoms with Gasteiger partial charge in [0.05, 0.1) is 6.04 Å². The van der Waals surface area contributed by atoms with E-state index in [1.807, 2.05) is 78.9 Å². The minimum absolute atomic E-state index is 0.0435. The summed E-state index contributed by atoms with van der Waals surface area (Å²) in [4.78, 5) is 15.4. The molecule has 1 N–H and O–H groups in total. The van der Waals surface area contributed by atoms with Gasteiger partial charge in [0.1, 0.15) is 31.0 Å². The monoisotopic (exact) mass is 512 g/mol. The molecule has 0 spiro atoms. The fourth-order valence-electron chi connectivity index (χ4n) is 5.46. The van der Waals surface area contributed by atoms with E-state index in [-0.39, 0.29) is 24.5 Å². The molecule has 2 atom stereocenters. The fraction of sp³-hybridized carbons (Fsp3) is 0.323. The van der Waals surface area contributed by atoms with E-state index in [1.54, 1.807) is 12.5 Å². The van der Waals surface area contributed by atoms with Crippen LogP contribution in [0.4, 0.5) is 4.79 Å². The van der Waals surface area contributed by atoms with Crippen molar-refractivity contribution in [1.82, 2.24) is 10.2 Å². The maximum absolute atomic E-state index is 13.1. The lowest BCUT2D eigenvalue weighted by Crippen LogP contribution is -2.52. The fourth-order valence-corrected chi connectivity index (χ4v) is 5.46. The quantitative estimate of drug-likeness (QED) is 0.418. The molecule has 0 aliphatic carbocycles. The minimum Gasteiger partial charge on any atom is -0.489 e. The van der Waals surface area contributed by atoms with Crippen LogP contribution in [-0.2, 0) is 20.8 Å². The molecule has 4 aliphatic heterocycles. The summed E-state index contributed by atoms with van der Waals surface area (Å²) in [5, 5.41) is 3.13. The van der Waals surface area contributed by atoms with Crippen molar-refractivity contribution in [2.24, 2.45) is 5.92 Å². The number of piperidine rings is 3. The Balaban J connectivity index is 1.13. The van der Waals surface area contributed by atoms with Crippen LogP contribution in [0.5, 0.6) is 5.75 Å². The summed E-state index contributed by atoms with van der Waals surface area (Å²) in [5.41, 5.74) is 3.89. The molecule has 0 radical (unpaired) electrons. The van der Waals surface area contributed by atoms with Crippen LogP contribution in [0.3, 0.4) is 0 Å². The first-order chi connectivity index (χ1) is 18.7. The van der Waals surface area contributed by atoms with E-state index in [0.29, 0.717) is 12.5 Å². The highest BCUT2D eigenvalue weighted by Crippen LogP contribution is 2.31. The van der Waals surface area contributed by atoms with Gasteiger partial charge in [0.2, 0.25) is 0 Å². The van der Waals surface area contributed by atoms with E-state index >= 15 is 0 Å². The lowest BCUT2D eigenvalue weighted by Gasteiger charge is -2.43. The number of rotatable bonds is 8. The number of amides is 1. The second-order valence-corrected chi connectivity index (χ2v) is 10.0. The molecule has 0 unspecified atom stereocenters. The van der Waals surface area contributed by atoms with Crippen molar-refractivity contribution in [3.63, 3.8) is 0 Å². The average Bonchev–Trinajstić information content (AvgIpc) is 3.52. The molecule has 2 bridgehead atoms. The summed E-state index contributed by atoms with van der Waals surface area (Å²) in [6.07, 6.45) is 4.48. The Kier molecular flexibility index (Phi) is 7.18. The highest BCUT2D eigenvalue weighted by Gasteiger charge is 2.36. The van der Waals surface area contributed by atoms with Gasteiger partial charge in [0.15, 0.2) is 0 Å². The third-order valence-electron chi connectivity index (χ3n) is 7.56. The van der Waals surface area contributed by atoms with Crippen molar-refractivity contribution < 1.29 is 23.7 Å². The van der Waals surface area contributed by atoms with Gasteiger partial charge in [0.25, 0.3) is 6.29 Å². The molecule has 3 aromatic rings. The Bertz CT molecular complexity index is 1250. The third kappa shape index (κ3) is 5.63. The number of fused-ring (bicyclic) bond motifs is 3. The maximum Gasteiger partial charge on any atom is 0.408 e. The first-order valence-electron chi connectivity index (χ1n) is 13.2. The van der Waals surface area contributed by atoms with Gasteiger partial charge in [-0.05, 0) is 60.7 Å². The standard InChI is InChI=1S/C31H32N2O5/c34-31(38-28-20-33-15-13-23(28)14-16-33)32-29(24-5-2-1-3-6-24)26-7-4-8-27(19-26)37-21-22-9-11-25(12-10-22)30-35-17-18-36-30/h1-12,17-19,23,28-30H,13-16,20-21H2,(H,32,34)/t28-,29-/m0/s1. The number of nitrogens with zero attached hydrogens (tertiary/aromatic N) is 1. The first-order valence-corrected chi connectivity index (χ1v) is 13.2. The number of carbonyl (C=O) groups is 1.